The molecule has 19 heavy (non-hydrogen) atoms. The van der Waals surface area contributed by atoms with E-state index in [1.165, 1.54) is 0 Å². The number of phenols is 3. The van der Waals surface area contributed by atoms with Crippen molar-refractivity contribution < 1.29 is 15.3 Å². The van der Waals surface area contributed by atoms with Crippen LogP contribution in [0, 0.1) is 0 Å². The summed E-state index contributed by atoms with van der Waals surface area (Å²) in [4.78, 5) is 0. The number of hydrogen-bond acceptors (Lipinski definition) is 4. The lowest BCUT2D eigenvalue weighted by Crippen LogP contribution is -2.30. The molecule has 0 bridgehead atoms. The van der Waals surface area contributed by atoms with E-state index in [1.54, 1.807) is 24.3 Å². The van der Waals surface area contributed by atoms with Crippen LogP contribution in [0.1, 0.15) is 22.7 Å². The molecule has 0 fully saturated rings. The van der Waals surface area contributed by atoms with Crippen LogP contribution in [-0.2, 0) is 6.42 Å². The fourth-order valence-electron chi connectivity index (χ4n) is 2.59. The van der Waals surface area contributed by atoms with Gasteiger partial charge in [0.2, 0.25) is 0 Å². The van der Waals surface area contributed by atoms with E-state index in [-0.39, 0.29) is 23.3 Å². The highest BCUT2D eigenvalue weighted by atomic mass is 16.3. The maximum absolute atomic E-state index is 9.96. The molecule has 1 aliphatic heterocycles. The van der Waals surface area contributed by atoms with Gasteiger partial charge in [-0.1, -0.05) is 18.2 Å². The lowest BCUT2D eigenvalue weighted by molar-refractivity contribution is 0.399. The summed E-state index contributed by atoms with van der Waals surface area (Å²) >= 11 is 0. The molecule has 4 nitrogen and oxygen atoms in total. The Balaban J connectivity index is 2.13. The van der Waals surface area contributed by atoms with Crippen LogP contribution >= 0.6 is 0 Å². The van der Waals surface area contributed by atoms with E-state index in [0.717, 1.165) is 29.7 Å². The van der Waals surface area contributed by atoms with E-state index in [4.69, 9.17) is 0 Å². The molecule has 1 aliphatic rings. The number of para-hydroxylation sites is 1. The quantitative estimate of drug-likeness (QED) is 0.590. The molecule has 0 aromatic heterocycles. The minimum atomic E-state index is -0.170. The highest BCUT2D eigenvalue weighted by molar-refractivity contribution is 5.51. The summed E-state index contributed by atoms with van der Waals surface area (Å²) in [6, 6.07) is 10.1. The highest BCUT2D eigenvalue weighted by Gasteiger charge is 2.24. The molecule has 98 valence electrons. The number of benzene rings is 2. The topological polar surface area (TPSA) is 72.7 Å². The first kappa shape index (κ1) is 11.9. The van der Waals surface area contributed by atoms with Gasteiger partial charge in [-0.25, -0.2) is 0 Å². The zero-order valence-electron chi connectivity index (χ0n) is 10.3. The van der Waals surface area contributed by atoms with Crippen molar-refractivity contribution in [1.29, 1.82) is 0 Å². The molecule has 0 amide bonds. The number of hydrogen-bond donors (Lipinski definition) is 4. The first-order valence-corrected chi connectivity index (χ1v) is 6.23. The van der Waals surface area contributed by atoms with Crippen molar-refractivity contribution in [3.63, 3.8) is 0 Å². The van der Waals surface area contributed by atoms with Crippen molar-refractivity contribution in [2.24, 2.45) is 0 Å². The predicted molar refractivity (Wildman–Crippen MR) is 71.4 cm³/mol. The van der Waals surface area contributed by atoms with Gasteiger partial charge < -0.3 is 20.6 Å². The summed E-state index contributed by atoms with van der Waals surface area (Å²) in [5.74, 6) is -0.0139. The molecule has 1 atom stereocenters. The summed E-state index contributed by atoms with van der Waals surface area (Å²) in [6.07, 6.45) is 0.785. The second kappa shape index (κ2) is 4.48. The monoisotopic (exact) mass is 257 g/mol. The second-order valence-electron chi connectivity index (χ2n) is 4.74. The molecule has 0 saturated carbocycles. The molecule has 0 saturated heterocycles. The SMILES string of the molecule is Oc1cc2c(cc1O)C(c1ccccc1O)NCC2. The van der Waals surface area contributed by atoms with Crippen molar-refractivity contribution in [1.82, 2.24) is 5.32 Å². The molecule has 1 heterocycles. The fraction of sp³-hybridized carbons (Fsp3) is 0.200. The molecular weight excluding hydrogens is 242 g/mol. The van der Waals surface area contributed by atoms with Crippen molar-refractivity contribution in [2.45, 2.75) is 12.5 Å². The van der Waals surface area contributed by atoms with Gasteiger partial charge in [0, 0.05) is 12.1 Å². The fourth-order valence-corrected chi connectivity index (χ4v) is 2.59. The number of fused-ring (bicyclic) bond motifs is 1. The van der Waals surface area contributed by atoms with Gasteiger partial charge in [-0.05, 0) is 35.7 Å². The number of aromatic hydroxyl groups is 3. The van der Waals surface area contributed by atoms with Gasteiger partial charge in [-0.15, -0.1) is 0 Å². The Kier molecular flexibility index (Phi) is 2.80. The molecule has 0 spiro atoms. The normalized spacial score (nSPS) is 18.0. The molecule has 4 heteroatoms. The summed E-state index contributed by atoms with van der Waals surface area (Å²) in [5, 5.41) is 32.5. The van der Waals surface area contributed by atoms with Gasteiger partial charge in [0.1, 0.15) is 5.75 Å². The minimum absolute atomic E-state index is 0.100. The Labute approximate surface area is 111 Å². The first-order chi connectivity index (χ1) is 9.16. The molecule has 0 radical (unpaired) electrons. The molecule has 2 aromatic rings. The predicted octanol–water partition coefficient (Wildman–Crippen LogP) is 2.04. The second-order valence-corrected chi connectivity index (χ2v) is 4.74. The zero-order valence-corrected chi connectivity index (χ0v) is 10.3. The van der Waals surface area contributed by atoms with Crippen LogP contribution in [0.15, 0.2) is 36.4 Å². The summed E-state index contributed by atoms with van der Waals surface area (Å²) < 4.78 is 0. The Morgan fingerprint density at radius 1 is 0.895 bits per heavy atom. The Hall–Kier alpha value is -2.20. The highest BCUT2D eigenvalue weighted by Crippen LogP contribution is 2.38. The van der Waals surface area contributed by atoms with Crippen LogP contribution in [0.4, 0.5) is 0 Å². The largest absolute Gasteiger partial charge is 0.508 e. The first-order valence-electron chi connectivity index (χ1n) is 6.23. The van der Waals surface area contributed by atoms with Crippen molar-refractivity contribution in [3.05, 3.63) is 53.1 Å². The third-order valence-corrected chi connectivity index (χ3v) is 3.54. The standard InChI is InChI=1S/C15H15NO3/c17-12-4-2-1-3-10(12)15-11-8-14(19)13(18)7-9(11)5-6-16-15/h1-4,7-8,15-19H,5-6H2. The minimum Gasteiger partial charge on any atom is -0.508 e. The molecule has 3 rings (SSSR count). The van der Waals surface area contributed by atoms with Crippen molar-refractivity contribution in [3.8, 4) is 17.2 Å². The zero-order chi connectivity index (χ0) is 13.4. The van der Waals surface area contributed by atoms with Gasteiger partial charge >= 0.3 is 0 Å². The maximum Gasteiger partial charge on any atom is 0.157 e. The summed E-state index contributed by atoms with van der Waals surface area (Å²) in [7, 11) is 0. The van der Waals surface area contributed by atoms with Crippen molar-refractivity contribution >= 4 is 0 Å². The van der Waals surface area contributed by atoms with E-state index in [0.29, 0.717) is 0 Å². The average molecular weight is 257 g/mol. The molecular formula is C15H15NO3. The molecule has 0 aliphatic carbocycles. The molecule has 2 aromatic carbocycles. The lowest BCUT2D eigenvalue weighted by atomic mass is 9.89. The Morgan fingerprint density at radius 2 is 1.63 bits per heavy atom. The number of rotatable bonds is 1. The van der Waals surface area contributed by atoms with Crippen LogP contribution in [0.3, 0.4) is 0 Å². The lowest BCUT2D eigenvalue weighted by Gasteiger charge is -2.28. The summed E-state index contributed by atoms with van der Waals surface area (Å²) in [5.41, 5.74) is 2.65. The van der Waals surface area contributed by atoms with Crippen LogP contribution in [0.5, 0.6) is 17.2 Å². The van der Waals surface area contributed by atoms with Crippen molar-refractivity contribution in [2.75, 3.05) is 6.54 Å². The van der Waals surface area contributed by atoms with Gasteiger partial charge in [-0.3, -0.25) is 0 Å². The van der Waals surface area contributed by atoms with Gasteiger partial charge in [0.25, 0.3) is 0 Å². The van der Waals surface area contributed by atoms with Gasteiger partial charge in [0.15, 0.2) is 11.5 Å². The maximum atomic E-state index is 9.96. The number of phenolic OH excluding ortho intramolecular Hbond substituents is 3. The molecule has 4 N–H and O–H groups in total. The van der Waals surface area contributed by atoms with E-state index >= 15 is 0 Å². The summed E-state index contributed by atoms with van der Waals surface area (Å²) in [6.45, 7) is 0.760. The average Bonchev–Trinajstić information content (AvgIpc) is 2.40. The van der Waals surface area contributed by atoms with Crippen LogP contribution in [0.2, 0.25) is 0 Å². The third-order valence-electron chi connectivity index (χ3n) is 3.54. The Bertz CT molecular complexity index is 625. The smallest absolute Gasteiger partial charge is 0.157 e. The van der Waals surface area contributed by atoms with Crippen LogP contribution < -0.4 is 5.32 Å². The van der Waals surface area contributed by atoms with Crippen LogP contribution in [-0.4, -0.2) is 21.9 Å². The third kappa shape index (κ3) is 2.00. The number of nitrogens with one attached hydrogen (secondary N) is 1. The Morgan fingerprint density at radius 3 is 2.42 bits per heavy atom. The van der Waals surface area contributed by atoms with Crippen LogP contribution in [0.25, 0.3) is 0 Å². The van der Waals surface area contributed by atoms with E-state index in [1.807, 2.05) is 12.1 Å². The van der Waals surface area contributed by atoms with E-state index in [2.05, 4.69) is 5.32 Å². The van der Waals surface area contributed by atoms with E-state index < -0.39 is 0 Å². The van der Waals surface area contributed by atoms with Gasteiger partial charge in [0.05, 0.1) is 6.04 Å². The van der Waals surface area contributed by atoms with E-state index in [9.17, 15) is 15.3 Å². The van der Waals surface area contributed by atoms with Gasteiger partial charge in [-0.2, -0.15) is 0 Å². The molecule has 1 unspecified atom stereocenters.